The summed E-state index contributed by atoms with van der Waals surface area (Å²) in [6, 6.07) is 7.92. The molecule has 0 bridgehead atoms. The third-order valence-electron chi connectivity index (χ3n) is 3.16. The van der Waals surface area contributed by atoms with Crippen molar-refractivity contribution in [2.45, 2.75) is 24.5 Å². The number of fused-ring (bicyclic) bond motifs is 3. The van der Waals surface area contributed by atoms with Crippen LogP contribution < -0.4 is 0 Å². The fourth-order valence-electron chi connectivity index (χ4n) is 2.29. The van der Waals surface area contributed by atoms with Gasteiger partial charge in [-0.05, 0) is 24.0 Å². The number of carboxylic acid groups (broad SMARTS) is 1. The maximum Gasteiger partial charge on any atom is 0.339 e. The summed E-state index contributed by atoms with van der Waals surface area (Å²) in [5.74, 6) is -0.822. The molecular formula is C11H10O3. The maximum atomic E-state index is 11.0. The largest absolute Gasteiger partial charge is 0.479 e. The molecule has 14 heavy (non-hydrogen) atoms. The van der Waals surface area contributed by atoms with Gasteiger partial charge in [0.15, 0.2) is 5.60 Å². The minimum absolute atomic E-state index is 0.204. The van der Waals surface area contributed by atoms with Crippen LogP contribution in [0.1, 0.15) is 23.7 Å². The molecule has 0 spiro atoms. The van der Waals surface area contributed by atoms with E-state index >= 15 is 0 Å². The Morgan fingerprint density at radius 2 is 2.29 bits per heavy atom. The van der Waals surface area contributed by atoms with Crippen LogP contribution in [-0.4, -0.2) is 16.7 Å². The summed E-state index contributed by atoms with van der Waals surface area (Å²) in [7, 11) is 0. The van der Waals surface area contributed by atoms with Gasteiger partial charge in [-0.1, -0.05) is 24.3 Å². The predicted octanol–water partition coefficient (Wildman–Crippen LogP) is 1.53. The summed E-state index contributed by atoms with van der Waals surface area (Å²) in [6.07, 6.45) is 1.20. The molecule has 1 N–H and O–H groups in total. The van der Waals surface area contributed by atoms with Crippen molar-refractivity contribution in [3.8, 4) is 0 Å². The van der Waals surface area contributed by atoms with Gasteiger partial charge in [-0.25, -0.2) is 4.79 Å². The number of hydrogen-bond donors (Lipinski definition) is 1. The summed E-state index contributed by atoms with van der Waals surface area (Å²) in [4.78, 5) is 11.0. The number of rotatable bonds is 1. The van der Waals surface area contributed by atoms with Crippen LogP contribution in [-0.2, 0) is 16.0 Å². The van der Waals surface area contributed by atoms with Gasteiger partial charge in [0, 0.05) is 0 Å². The summed E-state index contributed by atoms with van der Waals surface area (Å²) in [5, 5.41) is 9.04. The molecular weight excluding hydrogens is 180 g/mol. The highest BCUT2D eigenvalue weighted by Crippen LogP contribution is 2.56. The van der Waals surface area contributed by atoms with Crippen LogP contribution in [0.4, 0.5) is 0 Å². The number of aliphatic carboxylic acids is 1. The molecule has 2 aliphatic rings. The fourth-order valence-corrected chi connectivity index (χ4v) is 2.29. The molecule has 3 nitrogen and oxygen atoms in total. The van der Waals surface area contributed by atoms with E-state index in [0.717, 1.165) is 12.0 Å². The van der Waals surface area contributed by atoms with Gasteiger partial charge in [0.05, 0.1) is 0 Å². The monoisotopic (exact) mass is 190 g/mol. The molecule has 1 fully saturated rings. The number of benzene rings is 1. The minimum Gasteiger partial charge on any atom is -0.479 e. The first-order valence-electron chi connectivity index (χ1n) is 4.73. The lowest BCUT2D eigenvalue weighted by Gasteiger charge is -2.16. The smallest absolute Gasteiger partial charge is 0.339 e. The quantitative estimate of drug-likeness (QED) is 0.683. The first kappa shape index (κ1) is 8.00. The van der Waals surface area contributed by atoms with E-state index in [1.54, 1.807) is 0 Å². The Hall–Kier alpha value is -1.35. The third-order valence-corrected chi connectivity index (χ3v) is 3.16. The zero-order chi connectivity index (χ0) is 9.76. The van der Waals surface area contributed by atoms with Crippen molar-refractivity contribution in [2.24, 2.45) is 0 Å². The highest BCUT2D eigenvalue weighted by Gasteiger charge is 2.65. The van der Waals surface area contributed by atoms with Crippen molar-refractivity contribution in [3.63, 3.8) is 0 Å². The second kappa shape index (κ2) is 2.36. The predicted molar refractivity (Wildman–Crippen MR) is 49.0 cm³/mol. The van der Waals surface area contributed by atoms with E-state index in [9.17, 15) is 4.79 Å². The Bertz CT molecular complexity index is 413. The topological polar surface area (TPSA) is 49.8 Å². The summed E-state index contributed by atoms with van der Waals surface area (Å²) < 4.78 is 5.35. The molecule has 0 saturated carbocycles. The van der Waals surface area contributed by atoms with Gasteiger partial charge in [0.25, 0.3) is 0 Å². The molecule has 3 rings (SSSR count). The Morgan fingerprint density at radius 1 is 1.50 bits per heavy atom. The molecule has 1 saturated heterocycles. The van der Waals surface area contributed by atoms with E-state index in [1.165, 1.54) is 5.56 Å². The molecule has 3 heteroatoms. The first-order chi connectivity index (χ1) is 6.74. The number of epoxide rings is 1. The molecule has 1 aromatic rings. The van der Waals surface area contributed by atoms with Crippen LogP contribution in [0.5, 0.6) is 0 Å². The van der Waals surface area contributed by atoms with E-state index in [4.69, 9.17) is 9.84 Å². The van der Waals surface area contributed by atoms with Crippen molar-refractivity contribution >= 4 is 5.97 Å². The molecule has 0 unspecified atom stereocenters. The number of ether oxygens (including phenoxy) is 1. The molecule has 1 aromatic carbocycles. The van der Waals surface area contributed by atoms with Crippen LogP contribution in [0, 0.1) is 0 Å². The van der Waals surface area contributed by atoms with Crippen LogP contribution in [0.15, 0.2) is 24.3 Å². The average Bonchev–Trinajstić information content (AvgIpc) is 2.94. The van der Waals surface area contributed by atoms with Crippen molar-refractivity contribution in [1.29, 1.82) is 0 Å². The SMILES string of the molecule is O=C(O)[C@]12CCc3ccccc3[C@H]1O2. The van der Waals surface area contributed by atoms with E-state index in [1.807, 2.05) is 24.3 Å². The molecule has 1 heterocycles. The zero-order valence-corrected chi connectivity index (χ0v) is 7.56. The van der Waals surface area contributed by atoms with E-state index < -0.39 is 11.6 Å². The highest BCUT2D eigenvalue weighted by atomic mass is 16.6. The zero-order valence-electron chi connectivity index (χ0n) is 7.56. The van der Waals surface area contributed by atoms with Crippen molar-refractivity contribution in [2.75, 3.05) is 0 Å². The first-order valence-corrected chi connectivity index (χ1v) is 4.73. The number of hydrogen-bond acceptors (Lipinski definition) is 2. The van der Waals surface area contributed by atoms with Crippen molar-refractivity contribution in [1.82, 2.24) is 0 Å². The summed E-state index contributed by atoms with van der Waals surface area (Å²) in [5.41, 5.74) is 1.39. The number of aryl methyl sites for hydroxylation is 1. The molecule has 0 radical (unpaired) electrons. The third kappa shape index (κ3) is 0.826. The van der Waals surface area contributed by atoms with Gasteiger partial charge in [0.2, 0.25) is 0 Å². The molecule has 0 amide bonds. The number of carboxylic acids is 1. The van der Waals surface area contributed by atoms with Crippen LogP contribution in [0.2, 0.25) is 0 Å². The Morgan fingerprint density at radius 3 is 3.07 bits per heavy atom. The number of carbonyl (C=O) groups is 1. The van der Waals surface area contributed by atoms with Crippen molar-refractivity contribution in [3.05, 3.63) is 35.4 Å². The summed E-state index contributed by atoms with van der Waals surface area (Å²) in [6.45, 7) is 0. The van der Waals surface area contributed by atoms with Gasteiger partial charge >= 0.3 is 5.97 Å². The second-order valence-electron chi connectivity index (χ2n) is 3.89. The van der Waals surface area contributed by atoms with Gasteiger partial charge in [-0.15, -0.1) is 0 Å². The lowest BCUT2D eigenvalue weighted by molar-refractivity contribution is -0.143. The molecule has 2 atom stereocenters. The molecule has 1 aliphatic carbocycles. The van der Waals surface area contributed by atoms with E-state index in [-0.39, 0.29) is 6.10 Å². The average molecular weight is 190 g/mol. The van der Waals surface area contributed by atoms with Gasteiger partial charge in [-0.3, -0.25) is 0 Å². The lowest BCUT2D eigenvalue weighted by Crippen LogP contribution is -2.28. The van der Waals surface area contributed by atoms with Crippen LogP contribution >= 0.6 is 0 Å². The Labute approximate surface area is 81.3 Å². The van der Waals surface area contributed by atoms with E-state index in [2.05, 4.69) is 0 Å². The van der Waals surface area contributed by atoms with Crippen molar-refractivity contribution < 1.29 is 14.6 Å². The molecule has 72 valence electrons. The standard InChI is InChI=1S/C11H10O3/c12-10(13)11-6-5-7-3-1-2-4-8(7)9(11)14-11/h1-4,9H,5-6H2,(H,12,13)/t9-,11+/m1/s1. The second-order valence-corrected chi connectivity index (χ2v) is 3.89. The molecule has 1 aliphatic heterocycles. The van der Waals surface area contributed by atoms with Gasteiger partial charge in [-0.2, -0.15) is 0 Å². The van der Waals surface area contributed by atoms with Crippen LogP contribution in [0.3, 0.4) is 0 Å². The van der Waals surface area contributed by atoms with Crippen LogP contribution in [0.25, 0.3) is 0 Å². The normalized spacial score (nSPS) is 33.0. The van der Waals surface area contributed by atoms with Gasteiger partial charge < -0.3 is 9.84 Å². The van der Waals surface area contributed by atoms with Gasteiger partial charge in [0.1, 0.15) is 6.10 Å². The summed E-state index contributed by atoms with van der Waals surface area (Å²) >= 11 is 0. The van der Waals surface area contributed by atoms with E-state index in [0.29, 0.717) is 6.42 Å². The maximum absolute atomic E-state index is 11.0. The molecule has 0 aromatic heterocycles. The Balaban J connectivity index is 2.05. The minimum atomic E-state index is -0.894. The Kier molecular flexibility index (Phi) is 1.35. The highest BCUT2D eigenvalue weighted by molar-refractivity contribution is 5.82. The fraction of sp³-hybridized carbons (Fsp3) is 0.364. The lowest BCUT2D eigenvalue weighted by atomic mass is 9.84.